The van der Waals surface area contributed by atoms with Gasteiger partial charge in [0.1, 0.15) is 6.04 Å². The van der Waals surface area contributed by atoms with Crippen LogP contribution in [0.1, 0.15) is 59.3 Å². The van der Waals surface area contributed by atoms with E-state index < -0.39 is 6.04 Å². The summed E-state index contributed by atoms with van der Waals surface area (Å²) in [6.45, 7) is 5.52. The van der Waals surface area contributed by atoms with Gasteiger partial charge in [0, 0.05) is 18.5 Å². The van der Waals surface area contributed by atoms with Crippen molar-refractivity contribution in [1.82, 2.24) is 10.6 Å². The molecule has 0 saturated heterocycles. The molecule has 0 aliphatic heterocycles. The fourth-order valence-electron chi connectivity index (χ4n) is 2.72. The molecule has 0 aromatic carbocycles. The number of rotatable bonds is 6. The van der Waals surface area contributed by atoms with Crippen LogP contribution >= 0.6 is 0 Å². The van der Waals surface area contributed by atoms with E-state index >= 15 is 0 Å². The number of hydrogen-bond acceptors (Lipinski definition) is 3. The van der Waals surface area contributed by atoms with E-state index in [1.165, 1.54) is 12.8 Å². The lowest BCUT2D eigenvalue weighted by atomic mass is 9.83. The lowest BCUT2D eigenvalue weighted by Crippen LogP contribution is -2.46. The second-order valence-electron chi connectivity index (χ2n) is 6.28. The first-order chi connectivity index (χ1) is 9.38. The van der Waals surface area contributed by atoms with Gasteiger partial charge in [0.25, 0.3) is 0 Å². The monoisotopic (exact) mass is 283 g/mol. The average Bonchev–Trinajstić information content (AvgIpc) is 2.35. The predicted molar refractivity (Wildman–Crippen MR) is 80.1 cm³/mol. The Morgan fingerprint density at radius 1 is 1.20 bits per heavy atom. The molecule has 1 fully saturated rings. The molecule has 5 nitrogen and oxygen atoms in total. The van der Waals surface area contributed by atoms with Gasteiger partial charge in [-0.05, 0) is 46.0 Å². The fraction of sp³-hybridized carbons (Fsp3) is 0.867. The third-order valence-corrected chi connectivity index (χ3v) is 3.80. The second kappa shape index (κ2) is 8.25. The van der Waals surface area contributed by atoms with Crippen molar-refractivity contribution in [1.29, 1.82) is 0 Å². The lowest BCUT2D eigenvalue weighted by Gasteiger charge is -2.26. The van der Waals surface area contributed by atoms with Crippen molar-refractivity contribution in [2.75, 3.05) is 0 Å². The van der Waals surface area contributed by atoms with E-state index in [1.807, 2.05) is 13.8 Å². The Kier molecular flexibility index (Phi) is 6.99. The summed E-state index contributed by atoms with van der Waals surface area (Å²) in [5.74, 6) is 0.382. The normalized spacial score (nSPS) is 24.2. The van der Waals surface area contributed by atoms with Gasteiger partial charge in [-0.25, -0.2) is 0 Å². The summed E-state index contributed by atoms with van der Waals surface area (Å²) in [7, 11) is 0. The molecule has 0 bridgehead atoms. The number of nitrogens with two attached hydrogens (primary N) is 1. The van der Waals surface area contributed by atoms with Gasteiger partial charge in [-0.1, -0.05) is 12.8 Å². The van der Waals surface area contributed by atoms with Crippen LogP contribution in [-0.4, -0.2) is 29.9 Å². The number of hydrogen-bond donors (Lipinski definition) is 3. The van der Waals surface area contributed by atoms with Crippen LogP contribution in [0.15, 0.2) is 0 Å². The summed E-state index contributed by atoms with van der Waals surface area (Å²) in [6, 6.07) is -0.0864. The third-order valence-electron chi connectivity index (χ3n) is 3.80. The maximum absolute atomic E-state index is 11.8. The van der Waals surface area contributed by atoms with Gasteiger partial charge >= 0.3 is 0 Å². The van der Waals surface area contributed by atoms with Crippen molar-refractivity contribution in [2.24, 2.45) is 11.7 Å². The van der Waals surface area contributed by atoms with E-state index in [4.69, 9.17) is 5.73 Å². The van der Waals surface area contributed by atoms with Gasteiger partial charge < -0.3 is 16.4 Å². The number of carbonyl (C=O) groups is 2. The van der Waals surface area contributed by atoms with E-state index in [2.05, 4.69) is 10.6 Å². The molecule has 2 amide bonds. The highest BCUT2D eigenvalue weighted by molar-refractivity contribution is 5.87. The fourth-order valence-corrected chi connectivity index (χ4v) is 2.72. The molecule has 116 valence electrons. The molecule has 0 spiro atoms. The minimum absolute atomic E-state index is 0.0458. The molecular weight excluding hydrogens is 254 g/mol. The van der Waals surface area contributed by atoms with Crippen LogP contribution in [-0.2, 0) is 9.59 Å². The Bertz CT molecular complexity index is 331. The Balaban J connectivity index is 2.24. The van der Waals surface area contributed by atoms with Gasteiger partial charge in [0.2, 0.25) is 11.8 Å². The Morgan fingerprint density at radius 2 is 1.90 bits per heavy atom. The van der Waals surface area contributed by atoms with Crippen LogP contribution in [0.2, 0.25) is 0 Å². The lowest BCUT2D eigenvalue weighted by molar-refractivity contribution is -0.129. The molecular formula is C15H29N3O2. The highest BCUT2D eigenvalue weighted by Crippen LogP contribution is 2.26. The molecule has 0 heterocycles. The average molecular weight is 283 g/mol. The molecule has 0 aromatic heterocycles. The molecule has 20 heavy (non-hydrogen) atoms. The molecule has 0 aromatic rings. The van der Waals surface area contributed by atoms with Crippen molar-refractivity contribution >= 4 is 11.8 Å². The zero-order valence-electron chi connectivity index (χ0n) is 12.9. The van der Waals surface area contributed by atoms with Gasteiger partial charge in [-0.3, -0.25) is 9.59 Å². The van der Waals surface area contributed by atoms with Gasteiger partial charge in [0.15, 0.2) is 0 Å². The SMILES string of the molecule is CC(C)NC(=O)C(C)NC(=O)CCC1CCCC(N)C1. The molecule has 4 N–H and O–H groups in total. The molecule has 0 radical (unpaired) electrons. The number of amides is 2. The van der Waals surface area contributed by atoms with E-state index in [-0.39, 0.29) is 17.9 Å². The zero-order chi connectivity index (χ0) is 15.1. The van der Waals surface area contributed by atoms with Crippen LogP contribution in [0.4, 0.5) is 0 Å². The topological polar surface area (TPSA) is 84.2 Å². The smallest absolute Gasteiger partial charge is 0.242 e. The standard InChI is InChI=1S/C15H29N3O2/c1-10(2)17-15(20)11(3)18-14(19)8-7-12-5-4-6-13(16)9-12/h10-13H,4-9,16H2,1-3H3,(H,17,20)(H,18,19). The summed E-state index contributed by atoms with van der Waals surface area (Å²) in [5.41, 5.74) is 5.94. The molecule has 1 aliphatic rings. The van der Waals surface area contributed by atoms with Crippen molar-refractivity contribution in [2.45, 2.75) is 77.4 Å². The van der Waals surface area contributed by atoms with E-state index in [1.54, 1.807) is 6.92 Å². The highest BCUT2D eigenvalue weighted by atomic mass is 16.2. The van der Waals surface area contributed by atoms with Crippen LogP contribution in [0.5, 0.6) is 0 Å². The second-order valence-corrected chi connectivity index (χ2v) is 6.28. The Hall–Kier alpha value is -1.10. The van der Waals surface area contributed by atoms with Crippen LogP contribution < -0.4 is 16.4 Å². The maximum Gasteiger partial charge on any atom is 0.242 e. The van der Waals surface area contributed by atoms with Gasteiger partial charge in [-0.15, -0.1) is 0 Å². The summed E-state index contributed by atoms with van der Waals surface area (Å²) < 4.78 is 0. The van der Waals surface area contributed by atoms with Crippen LogP contribution in [0.25, 0.3) is 0 Å². The molecule has 1 aliphatic carbocycles. The summed E-state index contributed by atoms with van der Waals surface area (Å²) in [6.07, 6.45) is 5.82. The Labute approximate surface area is 122 Å². The van der Waals surface area contributed by atoms with Gasteiger partial charge in [0.05, 0.1) is 0 Å². The first-order valence-corrected chi connectivity index (χ1v) is 7.73. The summed E-state index contributed by atoms with van der Waals surface area (Å²) in [5, 5.41) is 5.54. The summed E-state index contributed by atoms with van der Waals surface area (Å²) in [4.78, 5) is 23.5. The molecule has 3 unspecified atom stereocenters. The van der Waals surface area contributed by atoms with Crippen LogP contribution in [0.3, 0.4) is 0 Å². The maximum atomic E-state index is 11.8. The van der Waals surface area contributed by atoms with Crippen molar-refractivity contribution in [3.05, 3.63) is 0 Å². The van der Waals surface area contributed by atoms with Crippen LogP contribution in [0, 0.1) is 5.92 Å². The van der Waals surface area contributed by atoms with Crippen molar-refractivity contribution in [3.63, 3.8) is 0 Å². The first-order valence-electron chi connectivity index (χ1n) is 7.73. The molecule has 1 rings (SSSR count). The summed E-state index contributed by atoms with van der Waals surface area (Å²) >= 11 is 0. The first kappa shape index (κ1) is 17.0. The van der Waals surface area contributed by atoms with E-state index in [0.29, 0.717) is 18.4 Å². The van der Waals surface area contributed by atoms with E-state index in [0.717, 1.165) is 19.3 Å². The number of carbonyl (C=O) groups excluding carboxylic acids is 2. The molecule has 3 atom stereocenters. The zero-order valence-corrected chi connectivity index (χ0v) is 12.9. The van der Waals surface area contributed by atoms with Gasteiger partial charge in [-0.2, -0.15) is 0 Å². The predicted octanol–water partition coefficient (Wildman–Crippen LogP) is 1.31. The largest absolute Gasteiger partial charge is 0.352 e. The van der Waals surface area contributed by atoms with E-state index in [9.17, 15) is 9.59 Å². The third kappa shape index (κ3) is 6.37. The number of nitrogens with one attached hydrogen (secondary N) is 2. The minimum Gasteiger partial charge on any atom is -0.352 e. The molecule has 1 saturated carbocycles. The highest BCUT2D eigenvalue weighted by Gasteiger charge is 2.21. The quantitative estimate of drug-likeness (QED) is 0.687. The van der Waals surface area contributed by atoms with Crippen molar-refractivity contribution < 1.29 is 9.59 Å². The van der Waals surface area contributed by atoms with Crippen molar-refractivity contribution in [3.8, 4) is 0 Å². The Morgan fingerprint density at radius 3 is 2.50 bits per heavy atom. The molecule has 5 heteroatoms. The minimum atomic E-state index is -0.474.